The van der Waals surface area contributed by atoms with Gasteiger partial charge in [-0.15, -0.1) is 0 Å². The van der Waals surface area contributed by atoms with Crippen molar-refractivity contribution < 1.29 is 26.7 Å². The van der Waals surface area contributed by atoms with E-state index in [1.54, 1.807) is 5.32 Å². The van der Waals surface area contributed by atoms with Gasteiger partial charge in [-0.05, 0) is 13.1 Å². The number of likely N-dealkylation sites (N-methyl/N-ethyl adjacent to an activating group) is 1. The number of halogens is 5. The third-order valence-electron chi connectivity index (χ3n) is 2.35. The maximum absolute atomic E-state index is 13.3. The monoisotopic (exact) mass is 296 g/mol. The van der Waals surface area contributed by atoms with Gasteiger partial charge in [0.1, 0.15) is 18.2 Å². The number of hydrogen-bond acceptors (Lipinski definition) is 2. The fourth-order valence-corrected chi connectivity index (χ4v) is 1.50. The second-order valence-electron chi connectivity index (χ2n) is 4.30. The van der Waals surface area contributed by atoms with Crippen LogP contribution in [0.15, 0.2) is 18.2 Å². The topological polar surface area (TPSA) is 32.3 Å². The van der Waals surface area contributed by atoms with Crippen LogP contribution >= 0.6 is 0 Å². The van der Waals surface area contributed by atoms with Crippen molar-refractivity contribution in [3.05, 3.63) is 35.4 Å². The molecule has 0 aliphatic rings. The molecule has 1 aromatic rings. The minimum absolute atomic E-state index is 0.0223. The Labute approximate surface area is 112 Å². The van der Waals surface area contributed by atoms with E-state index in [9.17, 15) is 26.7 Å². The molecule has 0 fully saturated rings. The molecule has 0 bridgehead atoms. The smallest absolute Gasteiger partial charge is 0.346 e. The SMILES string of the molecule is CN(CC(=O)NCC(F)(F)F)Cc1ccc(F)cc1F. The molecule has 0 unspecified atom stereocenters. The normalized spacial score (nSPS) is 11.8. The number of rotatable bonds is 5. The lowest BCUT2D eigenvalue weighted by Gasteiger charge is -2.17. The second kappa shape index (κ2) is 6.65. The molecule has 1 N–H and O–H groups in total. The van der Waals surface area contributed by atoms with E-state index in [1.165, 1.54) is 18.0 Å². The molecule has 8 heteroatoms. The van der Waals surface area contributed by atoms with Crippen molar-refractivity contribution in [1.82, 2.24) is 10.2 Å². The second-order valence-corrected chi connectivity index (χ2v) is 4.30. The lowest BCUT2D eigenvalue weighted by atomic mass is 10.2. The highest BCUT2D eigenvalue weighted by atomic mass is 19.4. The molecule has 0 aromatic heterocycles. The minimum Gasteiger partial charge on any atom is -0.346 e. The zero-order chi connectivity index (χ0) is 15.3. The summed E-state index contributed by atoms with van der Waals surface area (Å²) in [5, 5.41) is 1.70. The predicted molar refractivity (Wildman–Crippen MR) is 61.8 cm³/mol. The van der Waals surface area contributed by atoms with Gasteiger partial charge in [0.2, 0.25) is 5.91 Å². The van der Waals surface area contributed by atoms with Gasteiger partial charge in [0.15, 0.2) is 0 Å². The number of carbonyl (C=O) groups is 1. The summed E-state index contributed by atoms with van der Waals surface area (Å²) in [5.41, 5.74) is 0.150. The van der Waals surface area contributed by atoms with E-state index in [1.807, 2.05) is 0 Å². The van der Waals surface area contributed by atoms with E-state index >= 15 is 0 Å². The zero-order valence-electron chi connectivity index (χ0n) is 10.6. The summed E-state index contributed by atoms with van der Waals surface area (Å²) >= 11 is 0. The molecule has 0 atom stereocenters. The van der Waals surface area contributed by atoms with Crippen LogP contribution in [0.25, 0.3) is 0 Å². The molecular weight excluding hydrogens is 283 g/mol. The van der Waals surface area contributed by atoms with Gasteiger partial charge in [-0.2, -0.15) is 13.2 Å². The first kappa shape index (κ1) is 16.4. The first-order chi connectivity index (χ1) is 9.17. The molecule has 0 aliphatic heterocycles. The summed E-state index contributed by atoms with van der Waals surface area (Å²) in [4.78, 5) is 12.5. The Morgan fingerprint density at radius 2 is 1.95 bits per heavy atom. The Morgan fingerprint density at radius 3 is 2.50 bits per heavy atom. The molecule has 3 nitrogen and oxygen atoms in total. The third-order valence-corrected chi connectivity index (χ3v) is 2.35. The van der Waals surface area contributed by atoms with E-state index < -0.39 is 30.3 Å². The average molecular weight is 296 g/mol. The van der Waals surface area contributed by atoms with E-state index in [0.717, 1.165) is 6.07 Å². The van der Waals surface area contributed by atoms with Crippen LogP contribution in [-0.4, -0.2) is 37.1 Å². The fourth-order valence-electron chi connectivity index (χ4n) is 1.50. The first-order valence-corrected chi connectivity index (χ1v) is 5.63. The largest absolute Gasteiger partial charge is 0.405 e. The molecule has 112 valence electrons. The highest BCUT2D eigenvalue weighted by molar-refractivity contribution is 5.78. The highest BCUT2D eigenvalue weighted by Crippen LogP contribution is 2.13. The van der Waals surface area contributed by atoms with Gasteiger partial charge in [0.25, 0.3) is 0 Å². The Hall–Kier alpha value is -1.70. The van der Waals surface area contributed by atoms with Crippen LogP contribution in [-0.2, 0) is 11.3 Å². The van der Waals surface area contributed by atoms with Crippen molar-refractivity contribution in [2.45, 2.75) is 12.7 Å². The number of benzene rings is 1. The molecule has 0 saturated heterocycles. The first-order valence-electron chi connectivity index (χ1n) is 5.63. The molecule has 0 spiro atoms. The van der Waals surface area contributed by atoms with Crippen LogP contribution in [0.5, 0.6) is 0 Å². The number of nitrogens with zero attached hydrogens (tertiary/aromatic N) is 1. The van der Waals surface area contributed by atoms with Crippen molar-refractivity contribution in [1.29, 1.82) is 0 Å². The van der Waals surface area contributed by atoms with E-state index in [-0.39, 0.29) is 18.7 Å². The van der Waals surface area contributed by atoms with Gasteiger partial charge in [-0.25, -0.2) is 8.78 Å². The van der Waals surface area contributed by atoms with Gasteiger partial charge in [-0.3, -0.25) is 9.69 Å². The number of alkyl halides is 3. The molecular formula is C12H13F5N2O. The van der Waals surface area contributed by atoms with Crippen LogP contribution in [0.2, 0.25) is 0 Å². The van der Waals surface area contributed by atoms with Gasteiger partial charge >= 0.3 is 6.18 Å². The van der Waals surface area contributed by atoms with E-state index in [4.69, 9.17) is 0 Å². The van der Waals surface area contributed by atoms with E-state index in [0.29, 0.717) is 6.07 Å². The molecule has 1 aromatic carbocycles. The molecule has 0 radical (unpaired) electrons. The lowest BCUT2D eigenvalue weighted by Crippen LogP contribution is -2.39. The number of carbonyl (C=O) groups excluding carboxylic acids is 1. The Kier molecular flexibility index (Phi) is 5.43. The van der Waals surface area contributed by atoms with Crippen molar-refractivity contribution in [2.75, 3.05) is 20.1 Å². The molecule has 0 aliphatic carbocycles. The Bertz CT molecular complexity index is 475. The van der Waals surface area contributed by atoms with Gasteiger partial charge in [0, 0.05) is 18.2 Å². The van der Waals surface area contributed by atoms with E-state index in [2.05, 4.69) is 0 Å². The molecule has 20 heavy (non-hydrogen) atoms. The molecule has 1 rings (SSSR count). The third kappa shape index (κ3) is 5.96. The maximum atomic E-state index is 13.3. The van der Waals surface area contributed by atoms with Crippen molar-refractivity contribution in [3.8, 4) is 0 Å². The van der Waals surface area contributed by atoms with Gasteiger partial charge in [-0.1, -0.05) is 6.07 Å². The van der Waals surface area contributed by atoms with Crippen molar-refractivity contribution in [2.24, 2.45) is 0 Å². The Morgan fingerprint density at radius 1 is 1.30 bits per heavy atom. The number of amides is 1. The maximum Gasteiger partial charge on any atom is 0.405 e. The molecule has 0 saturated carbocycles. The summed E-state index contributed by atoms with van der Waals surface area (Å²) in [6.07, 6.45) is -4.47. The lowest BCUT2D eigenvalue weighted by molar-refractivity contribution is -0.138. The number of nitrogens with one attached hydrogen (secondary N) is 1. The van der Waals surface area contributed by atoms with Crippen molar-refractivity contribution in [3.63, 3.8) is 0 Å². The summed E-state index contributed by atoms with van der Waals surface area (Å²) in [6.45, 7) is -1.76. The highest BCUT2D eigenvalue weighted by Gasteiger charge is 2.27. The summed E-state index contributed by atoms with van der Waals surface area (Å²) < 4.78 is 61.7. The van der Waals surface area contributed by atoms with Crippen molar-refractivity contribution >= 4 is 5.91 Å². The number of hydrogen-bond donors (Lipinski definition) is 1. The Balaban J connectivity index is 2.47. The van der Waals surface area contributed by atoms with Crippen LogP contribution in [0.3, 0.4) is 0 Å². The molecule has 0 heterocycles. The predicted octanol–water partition coefficient (Wildman–Crippen LogP) is 2.08. The standard InChI is InChI=1S/C12H13F5N2O/c1-19(6-11(20)18-7-12(15,16)17)5-8-2-3-9(13)4-10(8)14/h2-4H,5-7H2,1H3,(H,18,20). The van der Waals surface area contributed by atoms with Gasteiger partial charge < -0.3 is 5.32 Å². The minimum atomic E-state index is -4.47. The fraction of sp³-hybridized carbons (Fsp3) is 0.417. The van der Waals surface area contributed by atoms with Crippen LogP contribution in [0.4, 0.5) is 22.0 Å². The quantitative estimate of drug-likeness (QED) is 0.844. The van der Waals surface area contributed by atoms with Crippen LogP contribution < -0.4 is 5.32 Å². The van der Waals surface area contributed by atoms with Gasteiger partial charge in [0.05, 0.1) is 6.54 Å². The molecule has 1 amide bonds. The average Bonchev–Trinajstić information content (AvgIpc) is 2.29. The van der Waals surface area contributed by atoms with Crippen LogP contribution in [0.1, 0.15) is 5.56 Å². The summed E-state index contributed by atoms with van der Waals surface area (Å²) in [6, 6.07) is 2.98. The summed E-state index contributed by atoms with van der Waals surface area (Å²) in [7, 11) is 1.44. The zero-order valence-corrected chi connectivity index (χ0v) is 10.6. The van der Waals surface area contributed by atoms with Crippen LogP contribution in [0, 0.1) is 11.6 Å². The summed E-state index contributed by atoms with van der Waals surface area (Å²) in [5.74, 6) is -2.32.